The minimum Gasteiger partial charge on any atom is -0.484 e. The molecule has 2 fully saturated rings. The molecule has 3 rings (SSSR count). The van der Waals surface area contributed by atoms with Gasteiger partial charge in [0, 0.05) is 12.1 Å². The average Bonchev–Trinajstić information content (AvgIpc) is 3.28. The first kappa shape index (κ1) is 18.2. The van der Waals surface area contributed by atoms with Crippen LogP contribution in [0.5, 0.6) is 5.75 Å². The van der Waals surface area contributed by atoms with E-state index in [0.717, 1.165) is 12.8 Å². The summed E-state index contributed by atoms with van der Waals surface area (Å²) in [6.07, 6.45) is 2.47. The van der Waals surface area contributed by atoms with E-state index in [1.54, 1.807) is 4.90 Å². The Morgan fingerprint density at radius 3 is 2.24 bits per heavy atom. The van der Waals surface area contributed by atoms with Crippen LogP contribution in [-0.4, -0.2) is 49.4 Å². The van der Waals surface area contributed by atoms with Crippen LogP contribution in [0.25, 0.3) is 0 Å². The number of sulfone groups is 1. The van der Waals surface area contributed by atoms with Crippen LogP contribution >= 0.6 is 0 Å². The minimum atomic E-state index is -3.00. The summed E-state index contributed by atoms with van der Waals surface area (Å²) in [5.74, 6) is 0.833. The van der Waals surface area contributed by atoms with Crippen molar-refractivity contribution in [2.24, 2.45) is 0 Å². The number of carbonyl (C=O) groups is 1. The quantitative estimate of drug-likeness (QED) is 0.804. The van der Waals surface area contributed by atoms with Crippen LogP contribution < -0.4 is 4.74 Å². The highest BCUT2D eigenvalue weighted by Crippen LogP contribution is 2.32. The highest BCUT2D eigenvalue weighted by atomic mass is 32.2. The molecular formula is C19H27NO4S. The zero-order valence-electron chi connectivity index (χ0n) is 15.2. The van der Waals surface area contributed by atoms with Gasteiger partial charge in [0.15, 0.2) is 16.4 Å². The summed E-state index contributed by atoms with van der Waals surface area (Å²) >= 11 is 0. The first-order valence-corrected chi connectivity index (χ1v) is 10.7. The van der Waals surface area contributed by atoms with Crippen LogP contribution in [0.1, 0.15) is 45.6 Å². The molecule has 0 N–H and O–H groups in total. The molecule has 1 saturated carbocycles. The average molecular weight is 365 g/mol. The molecule has 0 bridgehead atoms. The normalized spacial score (nSPS) is 22.6. The molecule has 1 amide bonds. The standard InChI is InChI=1S/C19H27NO4S/c1-19(2,3)14-4-8-17(9-5-14)24-12-18(21)20(15-6-7-15)16-10-11-25(22,23)13-16/h4-5,8-9,15-16H,6-7,10-13H2,1-3H3. The van der Waals surface area contributed by atoms with Gasteiger partial charge in [-0.2, -0.15) is 0 Å². The maximum absolute atomic E-state index is 12.6. The lowest BCUT2D eigenvalue weighted by Crippen LogP contribution is -2.45. The van der Waals surface area contributed by atoms with Crippen molar-refractivity contribution >= 4 is 15.7 Å². The molecule has 0 spiro atoms. The molecule has 1 atom stereocenters. The van der Waals surface area contributed by atoms with Crippen molar-refractivity contribution in [3.63, 3.8) is 0 Å². The van der Waals surface area contributed by atoms with Gasteiger partial charge in [-0.3, -0.25) is 4.79 Å². The monoisotopic (exact) mass is 365 g/mol. The molecular weight excluding hydrogens is 338 g/mol. The topological polar surface area (TPSA) is 63.7 Å². The van der Waals surface area contributed by atoms with Gasteiger partial charge in [0.1, 0.15) is 5.75 Å². The number of hydrogen-bond acceptors (Lipinski definition) is 4. The number of rotatable bonds is 5. The Kier molecular flexibility index (Phi) is 4.84. The molecule has 2 aliphatic rings. The zero-order valence-corrected chi connectivity index (χ0v) is 16.0. The number of benzene rings is 1. The lowest BCUT2D eigenvalue weighted by atomic mass is 9.87. The molecule has 25 heavy (non-hydrogen) atoms. The Labute approximate surface area is 150 Å². The Morgan fingerprint density at radius 1 is 1.12 bits per heavy atom. The van der Waals surface area contributed by atoms with Crippen molar-refractivity contribution in [3.05, 3.63) is 29.8 Å². The summed E-state index contributed by atoms with van der Waals surface area (Å²) in [6, 6.07) is 7.81. The second kappa shape index (κ2) is 6.63. The molecule has 1 heterocycles. The third-order valence-electron chi connectivity index (χ3n) is 4.91. The highest BCUT2D eigenvalue weighted by molar-refractivity contribution is 7.91. The number of nitrogens with zero attached hydrogens (tertiary/aromatic N) is 1. The van der Waals surface area contributed by atoms with Crippen LogP contribution in [0.4, 0.5) is 0 Å². The summed E-state index contributed by atoms with van der Waals surface area (Å²) in [6.45, 7) is 6.41. The molecule has 0 radical (unpaired) electrons. The molecule has 1 aromatic carbocycles. The third-order valence-corrected chi connectivity index (χ3v) is 6.66. The largest absolute Gasteiger partial charge is 0.484 e. The van der Waals surface area contributed by atoms with Gasteiger partial charge in [0.05, 0.1) is 11.5 Å². The Bertz CT molecular complexity index is 730. The van der Waals surface area contributed by atoms with Gasteiger partial charge in [-0.15, -0.1) is 0 Å². The van der Waals surface area contributed by atoms with Gasteiger partial charge < -0.3 is 9.64 Å². The molecule has 1 aliphatic carbocycles. The molecule has 1 aromatic rings. The second-order valence-electron chi connectivity index (χ2n) is 8.15. The molecule has 1 saturated heterocycles. The minimum absolute atomic E-state index is 0.0398. The van der Waals surface area contributed by atoms with Crippen molar-refractivity contribution < 1.29 is 17.9 Å². The van der Waals surface area contributed by atoms with Gasteiger partial charge in [0.2, 0.25) is 0 Å². The highest BCUT2D eigenvalue weighted by Gasteiger charge is 2.42. The van der Waals surface area contributed by atoms with E-state index in [1.807, 2.05) is 24.3 Å². The number of amides is 1. The fourth-order valence-electron chi connectivity index (χ4n) is 3.32. The van der Waals surface area contributed by atoms with E-state index in [9.17, 15) is 13.2 Å². The van der Waals surface area contributed by atoms with E-state index in [1.165, 1.54) is 5.56 Å². The molecule has 5 nitrogen and oxygen atoms in total. The maximum Gasteiger partial charge on any atom is 0.261 e. The summed E-state index contributed by atoms with van der Waals surface area (Å²) in [5.41, 5.74) is 1.28. The fraction of sp³-hybridized carbons (Fsp3) is 0.632. The Balaban J connectivity index is 1.61. The summed E-state index contributed by atoms with van der Waals surface area (Å²) < 4.78 is 29.1. The van der Waals surface area contributed by atoms with Crippen molar-refractivity contribution in [3.8, 4) is 5.75 Å². The van der Waals surface area contributed by atoms with Crippen molar-refractivity contribution in [1.29, 1.82) is 0 Å². The van der Waals surface area contributed by atoms with Gasteiger partial charge in [-0.1, -0.05) is 32.9 Å². The SMILES string of the molecule is CC(C)(C)c1ccc(OCC(=O)N(C2CC2)C2CCS(=O)(=O)C2)cc1. The predicted molar refractivity (Wildman–Crippen MR) is 97.6 cm³/mol. The first-order valence-electron chi connectivity index (χ1n) is 8.91. The summed E-state index contributed by atoms with van der Waals surface area (Å²) in [5, 5.41) is 0. The predicted octanol–water partition coefficient (Wildman–Crippen LogP) is 2.54. The van der Waals surface area contributed by atoms with E-state index < -0.39 is 9.84 Å². The lowest BCUT2D eigenvalue weighted by molar-refractivity contribution is -0.135. The Hall–Kier alpha value is -1.56. The number of hydrogen-bond donors (Lipinski definition) is 0. The van der Waals surface area contributed by atoms with Crippen molar-refractivity contribution in [1.82, 2.24) is 4.90 Å². The van der Waals surface area contributed by atoms with E-state index in [2.05, 4.69) is 20.8 Å². The van der Waals surface area contributed by atoms with Crippen molar-refractivity contribution in [2.45, 2.75) is 57.5 Å². The Morgan fingerprint density at radius 2 is 1.76 bits per heavy atom. The lowest BCUT2D eigenvalue weighted by Gasteiger charge is -2.28. The molecule has 0 aromatic heterocycles. The molecule has 1 aliphatic heterocycles. The number of carbonyl (C=O) groups excluding carboxylic acids is 1. The first-order chi connectivity index (χ1) is 11.7. The van der Waals surface area contributed by atoms with Crippen LogP contribution in [0.3, 0.4) is 0 Å². The molecule has 1 unspecified atom stereocenters. The molecule has 6 heteroatoms. The fourth-order valence-corrected chi connectivity index (χ4v) is 5.04. The van der Waals surface area contributed by atoms with Crippen LogP contribution in [0.15, 0.2) is 24.3 Å². The maximum atomic E-state index is 12.6. The second-order valence-corrected chi connectivity index (χ2v) is 10.4. The van der Waals surface area contributed by atoms with Crippen molar-refractivity contribution in [2.75, 3.05) is 18.1 Å². The zero-order chi connectivity index (χ0) is 18.2. The summed E-state index contributed by atoms with van der Waals surface area (Å²) in [7, 11) is -3.00. The van der Waals surface area contributed by atoms with Crippen LogP contribution in [0.2, 0.25) is 0 Å². The third kappa shape index (κ3) is 4.54. The van der Waals surface area contributed by atoms with Gasteiger partial charge in [-0.25, -0.2) is 8.42 Å². The molecule has 138 valence electrons. The van der Waals surface area contributed by atoms with E-state index in [-0.39, 0.29) is 41.5 Å². The van der Waals surface area contributed by atoms with E-state index in [4.69, 9.17) is 4.74 Å². The van der Waals surface area contributed by atoms with Crippen LogP contribution in [0, 0.1) is 0 Å². The van der Waals surface area contributed by atoms with Gasteiger partial charge in [0.25, 0.3) is 5.91 Å². The number of ether oxygens (including phenoxy) is 1. The smallest absolute Gasteiger partial charge is 0.261 e. The van der Waals surface area contributed by atoms with E-state index >= 15 is 0 Å². The van der Waals surface area contributed by atoms with Crippen LogP contribution in [-0.2, 0) is 20.0 Å². The van der Waals surface area contributed by atoms with E-state index in [0.29, 0.717) is 12.2 Å². The summed E-state index contributed by atoms with van der Waals surface area (Å²) in [4.78, 5) is 14.4. The van der Waals surface area contributed by atoms with Gasteiger partial charge in [-0.05, 0) is 42.4 Å². The van der Waals surface area contributed by atoms with Gasteiger partial charge >= 0.3 is 0 Å².